The van der Waals surface area contributed by atoms with Gasteiger partial charge < -0.3 is 5.73 Å². The van der Waals surface area contributed by atoms with Crippen molar-refractivity contribution in [3.8, 4) is 0 Å². The second kappa shape index (κ2) is 6.33. The summed E-state index contributed by atoms with van der Waals surface area (Å²) in [7, 11) is -1.85. The molecule has 1 saturated carbocycles. The van der Waals surface area contributed by atoms with Gasteiger partial charge in [-0.1, -0.05) is 30.9 Å². The van der Waals surface area contributed by atoms with E-state index in [1.54, 1.807) is 7.05 Å². The SMILES string of the molecule is CN(CC1CCCCC1)S(=O)(=O)c1ccc(Cl)c(N)c1. The molecule has 0 heterocycles. The number of rotatable bonds is 4. The second-order valence-corrected chi connectivity index (χ2v) is 7.92. The Morgan fingerprint density at radius 3 is 2.55 bits per heavy atom. The van der Waals surface area contributed by atoms with Crippen molar-refractivity contribution in [2.24, 2.45) is 5.92 Å². The van der Waals surface area contributed by atoms with Crippen molar-refractivity contribution >= 4 is 27.3 Å². The summed E-state index contributed by atoms with van der Waals surface area (Å²) in [5, 5.41) is 0.374. The minimum Gasteiger partial charge on any atom is -0.397 e. The van der Waals surface area contributed by atoms with E-state index in [0.29, 0.717) is 23.2 Å². The van der Waals surface area contributed by atoms with E-state index in [0.717, 1.165) is 12.8 Å². The minimum atomic E-state index is -3.48. The molecule has 20 heavy (non-hydrogen) atoms. The maximum atomic E-state index is 12.5. The zero-order valence-electron chi connectivity index (χ0n) is 11.7. The highest BCUT2D eigenvalue weighted by Gasteiger charge is 2.25. The number of benzene rings is 1. The van der Waals surface area contributed by atoms with Crippen molar-refractivity contribution in [3.63, 3.8) is 0 Å². The van der Waals surface area contributed by atoms with E-state index in [1.165, 1.54) is 41.8 Å². The Hall–Kier alpha value is -0.780. The third kappa shape index (κ3) is 3.45. The van der Waals surface area contributed by atoms with Gasteiger partial charge in [0.1, 0.15) is 0 Å². The molecule has 4 nitrogen and oxygen atoms in total. The zero-order chi connectivity index (χ0) is 14.8. The van der Waals surface area contributed by atoms with E-state index in [2.05, 4.69) is 0 Å². The van der Waals surface area contributed by atoms with E-state index in [1.807, 2.05) is 0 Å². The topological polar surface area (TPSA) is 63.4 Å². The van der Waals surface area contributed by atoms with Crippen LogP contribution in [-0.2, 0) is 10.0 Å². The molecule has 0 radical (unpaired) electrons. The van der Waals surface area contributed by atoms with Crippen molar-refractivity contribution in [3.05, 3.63) is 23.2 Å². The summed E-state index contributed by atoms with van der Waals surface area (Å²) in [6.07, 6.45) is 5.89. The van der Waals surface area contributed by atoms with Gasteiger partial charge in [0.15, 0.2) is 0 Å². The fraction of sp³-hybridized carbons (Fsp3) is 0.571. The highest BCUT2D eigenvalue weighted by molar-refractivity contribution is 7.89. The maximum Gasteiger partial charge on any atom is 0.242 e. The summed E-state index contributed by atoms with van der Waals surface area (Å²) in [5.41, 5.74) is 5.98. The van der Waals surface area contributed by atoms with Gasteiger partial charge in [-0.25, -0.2) is 12.7 Å². The molecule has 0 saturated heterocycles. The fourth-order valence-corrected chi connectivity index (χ4v) is 4.09. The standard InChI is InChI=1S/C14H21ClN2O2S/c1-17(10-11-5-3-2-4-6-11)20(18,19)12-7-8-13(15)14(16)9-12/h7-9,11H,2-6,10,16H2,1H3. The Bertz CT molecular complexity index is 569. The third-order valence-corrected chi connectivity index (χ3v) is 6.08. The molecule has 1 fully saturated rings. The number of hydrogen-bond acceptors (Lipinski definition) is 3. The maximum absolute atomic E-state index is 12.5. The lowest BCUT2D eigenvalue weighted by molar-refractivity contribution is 0.300. The monoisotopic (exact) mass is 316 g/mol. The normalized spacial score (nSPS) is 17.6. The first-order valence-corrected chi connectivity index (χ1v) is 8.74. The Labute approximate surface area is 126 Å². The van der Waals surface area contributed by atoms with Crippen LogP contribution < -0.4 is 5.73 Å². The molecule has 0 aliphatic heterocycles. The molecule has 0 atom stereocenters. The molecule has 112 valence electrons. The number of nitrogens with zero attached hydrogens (tertiary/aromatic N) is 1. The molecule has 0 amide bonds. The largest absolute Gasteiger partial charge is 0.397 e. The smallest absolute Gasteiger partial charge is 0.242 e. The average molecular weight is 317 g/mol. The molecule has 6 heteroatoms. The summed E-state index contributed by atoms with van der Waals surface area (Å²) >= 11 is 5.83. The molecule has 1 aliphatic rings. The molecule has 1 aromatic rings. The molecule has 0 unspecified atom stereocenters. The van der Waals surface area contributed by atoms with Gasteiger partial charge in [0.05, 0.1) is 15.6 Å². The highest BCUT2D eigenvalue weighted by atomic mass is 35.5. The van der Waals surface area contributed by atoms with E-state index in [9.17, 15) is 8.42 Å². The van der Waals surface area contributed by atoms with Crippen molar-refractivity contribution < 1.29 is 8.42 Å². The molecule has 0 spiro atoms. The number of halogens is 1. The van der Waals surface area contributed by atoms with Gasteiger partial charge in [-0.3, -0.25) is 0 Å². The number of hydrogen-bond donors (Lipinski definition) is 1. The van der Waals surface area contributed by atoms with Gasteiger partial charge in [-0.05, 0) is 37.0 Å². The lowest BCUT2D eigenvalue weighted by Crippen LogP contribution is -2.32. The van der Waals surface area contributed by atoms with Crippen LogP contribution in [0.15, 0.2) is 23.1 Å². The lowest BCUT2D eigenvalue weighted by Gasteiger charge is -2.26. The average Bonchev–Trinajstić information content (AvgIpc) is 2.42. The Balaban J connectivity index is 2.13. The molecule has 1 aliphatic carbocycles. The molecule has 0 bridgehead atoms. The first-order valence-electron chi connectivity index (χ1n) is 6.92. The van der Waals surface area contributed by atoms with Crippen LogP contribution in [0.5, 0.6) is 0 Å². The summed E-state index contributed by atoms with van der Waals surface area (Å²) in [6.45, 7) is 0.574. The van der Waals surface area contributed by atoms with Crippen LogP contribution in [0.2, 0.25) is 5.02 Å². The van der Waals surface area contributed by atoms with Gasteiger partial charge >= 0.3 is 0 Å². The first kappa shape index (κ1) is 15.6. The van der Waals surface area contributed by atoms with Crippen LogP contribution in [0.25, 0.3) is 0 Å². The van der Waals surface area contributed by atoms with Crippen LogP contribution in [0.1, 0.15) is 32.1 Å². The highest BCUT2D eigenvalue weighted by Crippen LogP contribution is 2.27. The molecular weight excluding hydrogens is 296 g/mol. The number of nitrogens with two attached hydrogens (primary N) is 1. The minimum absolute atomic E-state index is 0.206. The van der Waals surface area contributed by atoms with Crippen LogP contribution >= 0.6 is 11.6 Å². The Morgan fingerprint density at radius 2 is 1.95 bits per heavy atom. The summed E-state index contributed by atoms with van der Waals surface area (Å²) in [4.78, 5) is 0.206. The second-order valence-electron chi connectivity index (χ2n) is 5.47. The van der Waals surface area contributed by atoms with E-state index in [-0.39, 0.29) is 4.90 Å². The van der Waals surface area contributed by atoms with Crippen molar-refractivity contribution in [1.82, 2.24) is 4.31 Å². The van der Waals surface area contributed by atoms with Crippen LogP contribution in [-0.4, -0.2) is 26.3 Å². The van der Waals surface area contributed by atoms with Crippen LogP contribution in [0.4, 0.5) is 5.69 Å². The van der Waals surface area contributed by atoms with Crippen molar-refractivity contribution in [1.29, 1.82) is 0 Å². The molecule has 2 N–H and O–H groups in total. The lowest BCUT2D eigenvalue weighted by atomic mass is 9.89. The summed E-state index contributed by atoms with van der Waals surface area (Å²) in [5.74, 6) is 0.466. The van der Waals surface area contributed by atoms with Crippen LogP contribution in [0.3, 0.4) is 0 Å². The molecule has 1 aromatic carbocycles. The van der Waals surface area contributed by atoms with Gasteiger partial charge in [-0.15, -0.1) is 0 Å². The van der Waals surface area contributed by atoms with E-state index < -0.39 is 10.0 Å². The van der Waals surface area contributed by atoms with Gasteiger partial charge in [0.2, 0.25) is 10.0 Å². The predicted octanol–water partition coefficient (Wildman–Crippen LogP) is 3.12. The summed E-state index contributed by atoms with van der Waals surface area (Å²) in [6, 6.07) is 4.46. The van der Waals surface area contributed by atoms with Gasteiger partial charge in [-0.2, -0.15) is 0 Å². The number of anilines is 1. The fourth-order valence-electron chi connectivity index (χ4n) is 2.69. The zero-order valence-corrected chi connectivity index (χ0v) is 13.3. The predicted molar refractivity (Wildman–Crippen MR) is 82.3 cm³/mol. The molecule has 0 aromatic heterocycles. The van der Waals surface area contributed by atoms with Gasteiger partial charge in [0, 0.05) is 13.6 Å². The summed E-state index contributed by atoms with van der Waals surface area (Å²) < 4.78 is 26.4. The van der Waals surface area contributed by atoms with E-state index >= 15 is 0 Å². The number of sulfonamides is 1. The van der Waals surface area contributed by atoms with Crippen LogP contribution in [0, 0.1) is 5.92 Å². The van der Waals surface area contributed by atoms with Gasteiger partial charge in [0.25, 0.3) is 0 Å². The van der Waals surface area contributed by atoms with E-state index in [4.69, 9.17) is 17.3 Å². The first-order chi connectivity index (χ1) is 9.41. The molecule has 2 rings (SSSR count). The molecular formula is C14H21ClN2O2S. The Kier molecular flexibility index (Phi) is 4.94. The third-order valence-electron chi connectivity index (χ3n) is 3.92. The number of nitrogen functional groups attached to an aromatic ring is 1. The Morgan fingerprint density at radius 1 is 1.30 bits per heavy atom. The van der Waals surface area contributed by atoms with Crippen molar-refractivity contribution in [2.75, 3.05) is 19.3 Å². The van der Waals surface area contributed by atoms with Crippen molar-refractivity contribution in [2.45, 2.75) is 37.0 Å². The quantitative estimate of drug-likeness (QED) is 0.868.